The van der Waals surface area contributed by atoms with Gasteiger partial charge in [0.05, 0.1) is 18.0 Å². The zero-order valence-corrected chi connectivity index (χ0v) is 14.5. The van der Waals surface area contributed by atoms with E-state index in [1.807, 2.05) is 54.0 Å². The van der Waals surface area contributed by atoms with E-state index in [4.69, 9.17) is 10.2 Å². The van der Waals surface area contributed by atoms with Gasteiger partial charge in [0.15, 0.2) is 0 Å². The lowest BCUT2D eigenvalue weighted by atomic mass is 10.1. The van der Waals surface area contributed by atoms with Gasteiger partial charge in [-0.15, -0.1) is 0 Å². The van der Waals surface area contributed by atoms with Crippen molar-refractivity contribution in [2.45, 2.75) is 13.5 Å². The Kier molecular flexibility index (Phi) is 5.26. The highest BCUT2D eigenvalue weighted by atomic mass is 19.1. The van der Waals surface area contributed by atoms with E-state index in [2.05, 4.69) is 6.07 Å². The summed E-state index contributed by atoms with van der Waals surface area (Å²) in [6, 6.07) is 14.6. The maximum absolute atomic E-state index is 13.7. The molecule has 1 heterocycles. The summed E-state index contributed by atoms with van der Waals surface area (Å²) in [5, 5.41) is 13.8. The summed E-state index contributed by atoms with van der Waals surface area (Å²) >= 11 is 0. The standard InChI is InChI=1S/C20H22FN3O/c1-15-5-3-8-19(11-15)24-14-17(13-23(2)9-10-25)20(22-24)16-6-4-7-18(21)12-16/h3-8,11-12,14,25H,9-10,13H2,1-2H3. The van der Waals surface area contributed by atoms with Gasteiger partial charge in [-0.25, -0.2) is 9.07 Å². The van der Waals surface area contributed by atoms with Gasteiger partial charge in [-0.1, -0.05) is 24.3 Å². The number of rotatable bonds is 6. The Bertz CT molecular complexity index is 860. The van der Waals surface area contributed by atoms with Gasteiger partial charge in [-0.05, 0) is 43.8 Å². The molecule has 25 heavy (non-hydrogen) atoms. The number of nitrogens with zero attached hydrogens (tertiary/aromatic N) is 3. The molecule has 3 rings (SSSR count). The highest BCUT2D eigenvalue weighted by Gasteiger charge is 2.14. The van der Waals surface area contributed by atoms with Gasteiger partial charge >= 0.3 is 0 Å². The Morgan fingerprint density at radius 2 is 1.96 bits per heavy atom. The van der Waals surface area contributed by atoms with Gasteiger partial charge in [0.2, 0.25) is 0 Å². The Morgan fingerprint density at radius 1 is 1.16 bits per heavy atom. The predicted molar refractivity (Wildman–Crippen MR) is 97.1 cm³/mol. The fourth-order valence-corrected chi connectivity index (χ4v) is 2.85. The molecular weight excluding hydrogens is 317 g/mol. The lowest BCUT2D eigenvalue weighted by Gasteiger charge is -2.14. The topological polar surface area (TPSA) is 41.3 Å². The Balaban J connectivity index is 2.04. The molecule has 0 unspecified atom stereocenters. The molecule has 0 radical (unpaired) electrons. The van der Waals surface area contributed by atoms with Crippen molar-refractivity contribution in [2.75, 3.05) is 20.2 Å². The lowest BCUT2D eigenvalue weighted by molar-refractivity contribution is 0.217. The number of hydrogen-bond donors (Lipinski definition) is 1. The maximum Gasteiger partial charge on any atom is 0.123 e. The largest absolute Gasteiger partial charge is 0.395 e. The number of hydrogen-bond acceptors (Lipinski definition) is 3. The number of aromatic nitrogens is 2. The predicted octanol–water partition coefficient (Wildman–Crippen LogP) is 3.41. The highest BCUT2D eigenvalue weighted by Crippen LogP contribution is 2.25. The third kappa shape index (κ3) is 4.13. The molecule has 0 saturated carbocycles. The molecule has 1 aromatic heterocycles. The maximum atomic E-state index is 13.7. The van der Waals surface area contributed by atoms with E-state index < -0.39 is 0 Å². The molecule has 0 aliphatic rings. The van der Waals surface area contributed by atoms with E-state index in [1.165, 1.54) is 12.1 Å². The first-order chi connectivity index (χ1) is 12.1. The summed E-state index contributed by atoms with van der Waals surface area (Å²) in [4.78, 5) is 2.01. The van der Waals surface area contributed by atoms with Crippen LogP contribution in [-0.4, -0.2) is 40.0 Å². The van der Waals surface area contributed by atoms with Gasteiger partial charge < -0.3 is 5.11 Å². The van der Waals surface area contributed by atoms with Crippen LogP contribution in [-0.2, 0) is 6.54 Å². The molecule has 0 spiro atoms. The van der Waals surface area contributed by atoms with Crippen LogP contribution in [0.5, 0.6) is 0 Å². The third-order valence-corrected chi connectivity index (χ3v) is 4.08. The first-order valence-electron chi connectivity index (χ1n) is 8.28. The molecule has 4 nitrogen and oxygen atoms in total. The zero-order valence-electron chi connectivity index (χ0n) is 14.5. The van der Waals surface area contributed by atoms with E-state index in [0.717, 1.165) is 28.1 Å². The van der Waals surface area contributed by atoms with Crippen LogP contribution in [0.1, 0.15) is 11.1 Å². The number of halogens is 1. The van der Waals surface area contributed by atoms with Crippen molar-refractivity contribution >= 4 is 0 Å². The fourth-order valence-electron chi connectivity index (χ4n) is 2.85. The molecule has 0 fully saturated rings. The van der Waals surface area contributed by atoms with Crippen molar-refractivity contribution in [2.24, 2.45) is 0 Å². The van der Waals surface area contributed by atoms with Crippen LogP contribution >= 0.6 is 0 Å². The van der Waals surface area contributed by atoms with Gasteiger partial charge in [0, 0.05) is 30.4 Å². The number of aliphatic hydroxyl groups is 1. The first kappa shape index (κ1) is 17.3. The summed E-state index contributed by atoms with van der Waals surface area (Å²) in [6.07, 6.45) is 1.98. The Morgan fingerprint density at radius 3 is 2.68 bits per heavy atom. The highest BCUT2D eigenvalue weighted by molar-refractivity contribution is 5.63. The first-order valence-corrected chi connectivity index (χ1v) is 8.28. The van der Waals surface area contributed by atoms with Crippen molar-refractivity contribution in [3.63, 3.8) is 0 Å². The van der Waals surface area contributed by atoms with Crippen molar-refractivity contribution in [1.82, 2.24) is 14.7 Å². The molecule has 1 N–H and O–H groups in total. The van der Waals surface area contributed by atoms with Gasteiger partial charge in [0.1, 0.15) is 5.82 Å². The molecule has 130 valence electrons. The monoisotopic (exact) mass is 339 g/mol. The van der Waals surface area contributed by atoms with Crippen molar-refractivity contribution < 1.29 is 9.50 Å². The average molecular weight is 339 g/mol. The number of aryl methyl sites for hydroxylation is 1. The zero-order chi connectivity index (χ0) is 17.8. The van der Waals surface area contributed by atoms with Crippen LogP contribution in [0.2, 0.25) is 0 Å². The van der Waals surface area contributed by atoms with Crippen LogP contribution in [0.3, 0.4) is 0 Å². The van der Waals surface area contributed by atoms with Gasteiger partial charge in [-0.2, -0.15) is 5.10 Å². The van der Waals surface area contributed by atoms with E-state index in [1.54, 1.807) is 6.07 Å². The van der Waals surface area contributed by atoms with Gasteiger partial charge in [0.25, 0.3) is 0 Å². The Labute approximate surface area is 147 Å². The second-order valence-electron chi connectivity index (χ2n) is 6.26. The van der Waals surface area contributed by atoms with Crippen molar-refractivity contribution in [3.8, 4) is 16.9 Å². The normalized spacial score (nSPS) is 11.2. The fraction of sp³-hybridized carbons (Fsp3) is 0.250. The van der Waals surface area contributed by atoms with Gasteiger partial charge in [-0.3, -0.25) is 4.90 Å². The van der Waals surface area contributed by atoms with E-state index in [9.17, 15) is 4.39 Å². The average Bonchev–Trinajstić information content (AvgIpc) is 2.99. The summed E-state index contributed by atoms with van der Waals surface area (Å²) in [6.45, 7) is 3.32. The minimum absolute atomic E-state index is 0.0951. The number of benzene rings is 2. The molecule has 3 aromatic rings. The molecule has 0 aliphatic carbocycles. The molecule has 0 saturated heterocycles. The van der Waals surface area contributed by atoms with Crippen LogP contribution in [0.15, 0.2) is 54.7 Å². The molecule has 0 aliphatic heterocycles. The SMILES string of the molecule is Cc1cccc(-n2cc(CN(C)CCO)c(-c3cccc(F)c3)n2)c1. The van der Waals surface area contributed by atoms with Crippen LogP contribution < -0.4 is 0 Å². The summed E-state index contributed by atoms with van der Waals surface area (Å²) in [7, 11) is 1.94. The van der Waals surface area contributed by atoms with Crippen molar-refractivity contribution in [1.29, 1.82) is 0 Å². The second kappa shape index (κ2) is 7.59. The molecular formula is C20H22FN3O. The smallest absolute Gasteiger partial charge is 0.123 e. The van der Waals surface area contributed by atoms with E-state index in [0.29, 0.717) is 13.1 Å². The summed E-state index contributed by atoms with van der Waals surface area (Å²) in [5.41, 5.74) is 4.61. The molecule has 0 amide bonds. The second-order valence-corrected chi connectivity index (χ2v) is 6.26. The third-order valence-electron chi connectivity index (χ3n) is 4.08. The van der Waals surface area contributed by atoms with Crippen LogP contribution in [0.4, 0.5) is 4.39 Å². The molecule has 0 bridgehead atoms. The number of aliphatic hydroxyl groups excluding tert-OH is 1. The van der Waals surface area contributed by atoms with Crippen molar-refractivity contribution in [3.05, 3.63) is 71.7 Å². The minimum Gasteiger partial charge on any atom is -0.395 e. The Hall–Kier alpha value is -2.50. The van der Waals surface area contributed by atoms with E-state index in [-0.39, 0.29) is 12.4 Å². The van der Waals surface area contributed by atoms with Crippen LogP contribution in [0, 0.1) is 12.7 Å². The van der Waals surface area contributed by atoms with Crippen LogP contribution in [0.25, 0.3) is 16.9 Å². The molecule has 0 atom stereocenters. The minimum atomic E-state index is -0.280. The molecule has 2 aromatic carbocycles. The summed E-state index contributed by atoms with van der Waals surface area (Å²) in [5.74, 6) is -0.280. The molecule has 5 heteroatoms. The van der Waals surface area contributed by atoms with E-state index >= 15 is 0 Å². The summed E-state index contributed by atoms with van der Waals surface area (Å²) < 4.78 is 15.5. The quantitative estimate of drug-likeness (QED) is 0.748. The number of likely N-dealkylation sites (N-methyl/N-ethyl adjacent to an activating group) is 1. The lowest BCUT2D eigenvalue weighted by Crippen LogP contribution is -2.21.